The van der Waals surface area contributed by atoms with Crippen molar-refractivity contribution in [3.05, 3.63) is 29.0 Å². The zero-order valence-electron chi connectivity index (χ0n) is 11.0. The van der Waals surface area contributed by atoms with Crippen molar-refractivity contribution >= 4 is 75.6 Å². The molecule has 0 heterocycles. The van der Waals surface area contributed by atoms with Crippen LogP contribution in [-0.4, -0.2) is 45.9 Å². The van der Waals surface area contributed by atoms with E-state index in [0.717, 1.165) is 0 Å². The number of halogens is 4. The van der Waals surface area contributed by atoms with Gasteiger partial charge in [0.1, 0.15) is 0 Å². The van der Waals surface area contributed by atoms with Gasteiger partial charge in [0, 0.05) is 17.9 Å². The van der Waals surface area contributed by atoms with E-state index in [4.69, 9.17) is 5.11 Å². The van der Waals surface area contributed by atoms with Crippen LogP contribution < -0.4 is 5.32 Å². The highest BCUT2D eigenvalue weighted by Gasteiger charge is 2.29. The number of aliphatic hydroxyl groups excluding tert-OH is 2. The summed E-state index contributed by atoms with van der Waals surface area (Å²) in [7, 11) is 0. The van der Waals surface area contributed by atoms with Gasteiger partial charge in [-0.3, -0.25) is 4.79 Å². The van der Waals surface area contributed by atoms with Crippen molar-refractivity contribution in [2.45, 2.75) is 19.1 Å². The van der Waals surface area contributed by atoms with E-state index in [1.54, 1.807) is 0 Å². The Balaban J connectivity index is 3.46. The number of nitrogens with one attached hydrogen (secondary N) is 1. The summed E-state index contributed by atoms with van der Waals surface area (Å²) >= 11 is 12.8. The predicted molar refractivity (Wildman–Crippen MR) is 94.2 cm³/mol. The fourth-order valence-electron chi connectivity index (χ4n) is 1.61. The van der Waals surface area contributed by atoms with Crippen LogP contribution in [0.25, 0.3) is 0 Å². The first kappa shape index (κ1) is 20.0. The van der Waals surface area contributed by atoms with Gasteiger partial charge in [0.05, 0.1) is 29.9 Å². The Labute approximate surface area is 159 Å². The quantitative estimate of drug-likeness (QED) is 0.323. The SMILES string of the molecule is C[C@H](O)[C@H](CO)NC(=O)c1c(Br)c(Br)c(Br)c(Br)c1C(=O)O. The fourth-order valence-corrected chi connectivity index (χ4v) is 4.07. The number of carbonyl (C=O) groups is 2. The number of benzene rings is 1. The molecule has 0 aromatic heterocycles. The van der Waals surface area contributed by atoms with Gasteiger partial charge in [0.15, 0.2) is 0 Å². The second-order valence-electron chi connectivity index (χ2n) is 4.31. The Kier molecular flexibility index (Phi) is 7.47. The summed E-state index contributed by atoms with van der Waals surface area (Å²) in [5.41, 5.74) is -0.379. The number of aromatic carboxylic acids is 1. The molecule has 0 aliphatic rings. The minimum Gasteiger partial charge on any atom is -0.478 e. The van der Waals surface area contributed by atoms with Crippen molar-refractivity contribution in [3.63, 3.8) is 0 Å². The van der Waals surface area contributed by atoms with E-state index in [2.05, 4.69) is 69.0 Å². The second kappa shape index (κ2) is 8.20. The highest BCUT2D eigenvalue weighted by Crippen LogP contribution is 2.42. The average Bonchev–Trinajstić information content (AvgIpc) is 2.44. The number of amides is 1. The molecule has 0 bridgehead atoms. The van der Waals surface area contributed by atoms with Gasteiger partial charge in [-0.05, 0) is 70.6 Å². The molecule has 0 aliphatic heterocycles. The van der Waals surface area contributed by atoms with Gasteiger partial charge < -0.3 is 20.6 Å². The number of aliphatic hydroxyl groups is 2. The van der Waals surface area contributed by atoms with Gasteiger partial charge in [-0.2, -0.15) is 0 Å². The van der Waals surface area contributed by atoms with E-state index in [0.29, 0.717) is 8.95 Å². The largest absolute Gasteiger partial charge is 0.478 e. The molecule has 122 valence electrons. The van der Waals surface area contributed by atoms with Crippen molar-refractivity contribution in [1.82, 2.24) is 5.32 Å². The van der Waals surface area contributed by atoms with Gasteiger partial charge in [-0.15, -0.1) is 0 Å². The third-order valence-corrected chi connectivity index (χ3v) is 7.57. The number of hydrogen-bond donors (Lipinski definition) is 4. The van der Waals surface area contributed by atoms with Gasteiger partial charge in [-0.1, -0.05) is 0 Å². The zero-order valence-corrected chi connectivity index (χ0v) is 17.4. The minimum absolute atomic E-state index is 0.131. The first-order valence-electron chi connectivity index (χ1n) is 5.82. The maximum atomic E-state index is 12.4. The monoisotopic (exact) mass is 565 g/mol. The van der Waals surface area contributed by atoms with Gasteiger partial charge >= 0.3 is 5.97 Å². The average molecular weight is 569 g/mol. The molecule has 2 atom stereocenters. The molecule has 22 heavy (non-hydrogen) atoms. The normalized spacial score (nSPS) is 13.6. The van der Waals surface area contributed by atoms with E-state index >= 15 is 0 Å². The molecule has 1 rings (SSSR count). The Bertz CT molecular complexity index is 620. The van der Waals surface area contributed by atoms with Crippen molar-refractivity contribution in [2.24, 2.45) is 0 Å². The third-order valence-electron chi connectivity index (χ3n) is 2.80. The van der Waals surface area contributed by atoms with Crippen molar-refractivity contribution in [2.75, 3.05) is 6.61 Å². The zero-order chi connectivity index (χ0) is 17.2. The van der Waals surface area contributed by atoms with Crippen LogP contribution in [0.1, 0.15) is 27.6 Å². The van der Waals surface area contributed by atoms with Crippen LogP contribution in [0.2, 0.25) is 0 Å². The molecule has 0 aliphatic carbocycles. The molecular weight excluding hydrogens is 558 g/mol. The molecule has 0 saturated carbocycles. The van der Waals surface area contributed by atoms with E-state index in [1.165, 1.54) is 6.92 Å². The Morgan fingerprint density at radius 1 is 1.05 bits per heavy atom. The molecule has 1 aromatic carbocycles. The number of carbonyl (C=O) groups excluding carboxylic acids is 1. The highest BCUT2D eigenvalue weighted by atomic mass is 79.9. The summed E-state index contributed by atoms with van der Waals surface area (Å²) < 4.78 is 1.31. The van der Waals surface area contributed by atoms with Crippen molar-refractivity contribution in [1.29, 1.82) is 0 Å². The highest BCUT2D eigenvalue weighted by molar-refractivity contribution is 9.15. The molecule has 1 amide bonds. The summed E-state index contributed by atoms with van der Waals surface area (Å²) in [5, 5.41) is 30.4. The van der Waals surface area contributed by atoms with Crippen LogP contribution in [-0.2, 0) is 0 Å². The lowest BCUT2D eigenvalue weighted by atomic mass is 10.1. The van der Waals surface area contributed by atoms with Crippen LogP contribution >= 0.6 is 63.7 Å². The molecule has 0 spiro atoms. The van der Waals surface area contributed by atoms with Crippen LogP contribution in [0.4, 0.5) is 0 Å². The number of hydrogen-bond acceptors (Lipinski definition) is 4. The first-order chi connectivity index (χ1) is 10.1. The smallest absolute Gasteiger partial charge is 0.337 e. The molecule has 4 N–H and O–H groups in total. The van der Waals surface area contributed by atoms with E-state index in [-0.39, 0.29) is 20.1 Å². The minimum atomic E-state index is -1.30. The summed E-state index contributed by atoms with van der Waals surface area (Å²) in [6.45, 7) is 0.921. The van der Waals surface area contributed by atoms with E-state index in [1.807, 2.05) is 0 Å². The topological polar surface area (TPSA) is 107 Å². The van der Waals surface area contributed by atoms with Crippen molar-refractivity contribution in [3.8, 4) is 0 Å². The molecule has 10 heteroatoms. The van der Waals surface area contributed by atoms with Gasteiger partial charge in [-0.25, -0.2) is 4.79 Å². The number of carboxylic acids is 1. The van der Waals surface area contributed by atoms with Gasteiger partial charge in [0.25, 0.3) is 5.91 Å². The number of carboxylic acid groups (broad SMARTS) is 1. The molecule has 0 fully saturated rings. The Morgan fingerprint density at radius 3 is 1.86 bits per heavy atom. The predicted octanol–water partition coefficient (Wildman–Crippen LogP) is 2.91. The van der Waals surface area contributed by atoms with Crippen LogP contribution in [0.3, 0.4) is 0 Å². The molecule has 0 radical (unpaired) electrons. The maximum absolute atomic E-state index is 12.4. The maximum Gasteiger partial charge on any atom is 0.337 e. The first-order valence-corrected chi connectivity index (χ1v) is 8.99. The summed E-state index contributed by atoms with van der Waals surface area (Å²) in [4.78, 5) is 23.9. The van der Waals surface area contributed by atoms with Crippen molar-refractivity contribution < 1.29 is 24.9 Å². The fraction of sp³-hybridized carbons (Fsp3) is 0.333. The lowest BCUT2D eigenvalue weighted by molar-refractivity contribution is 0.0681. The molecule has 0 unspecified atom stereocenters. The lowest BCUT2D eigenvalue weighted by Gasteiger charge is -2.21. The number of rotatable bonds is 5. The summed E-state index contributed by atoms with van der Waals surface area (Å²) in [6.07, 6.45) is -0.997. The summed E-state index contributed by atoms with van der Waals surface area (Å²) in [5.74, 6) is -2.04. The van der Waals surface area contributed by atoms with Crippen LogP contribution in [0.5, 0.6) is 0 Å². The lowest BCUT2D eigenvalue weighted by Crippen LogP contribution is -2.45. The molecular formula is C12H11Br4NO5. The van der Waals surface area contributed by atoms with Crippen LogP contribution in [0, 0.1) is 0 Å². The third kappa shape index (κ3) is 4.09. The second-order valence-corrected chi connectivity index (χ2v) is 7.49. The molecule has 1 aromatic rings. The summed E-state index contributed by atoms with van der Waals surface area (Å²) in [6, 6.07) is -0.915. The van der Waals surface area contributed by atoms with Gasteiger partial charge in [0.2, 0.25) is 0 Å². The Hall–Kier alpha value is -0.000000000000000222. The Morgan fingerprint density at radius 2 is 1.50 bits per heavy atom. The van der Waals surface area contributed by atoms with Crippen LogP contribution in [0.15, 0.2) is 17.9 Å². The van der Waals surface area contributed by atoms with E-state index < -0.39 is 30.6 Å². The molecule has 6 nitrogen and oxygen atoms in total. The van der Waals surface area contributed by atoms with E-state index in [9.17, 15) is 19.8 Å². The molecule has 0 saturated heterocycles. The standard InChI is InChI=1S/C12H11Br4NO5/c1-3(19)4(2-18)17-11(20)5-6(12(21)22)8(14)10(16)9(15)7(5)13/h3-4,18-19H,2H2,1H3,(H,17,20)(H,21,22)/t3-,4-/m0/s1.